The molecule has 0 aromatic carbocycles. The van der Waals surface area contributed by atoms with Crippen LogP contribution in [0.5, 0.6) is 0 Å². The van der Waals surface area contributed by atoms with Gasteiger partial charge in [0.25, 0.3) is 0 Å². The third-order valence-electron chi connectivity index (χ3n) is 6.40. The van der Waals surface area contributed by atoms with Gasteiger partial charge in [-0.3, -0.25) is 9.59 Å². The number of hydrogen-bond acceptors (Lipinski definition) is 3. The van der Waals surface area contributed by atoms with Gasteiger partial charge in [-0.15, -0.1) is 0 Å². The molecule has 0 aromatic heterocycles. The van der Waals surface area contributed by atoms with Crippen LogP contribution in [0.1, 0.15) is 182 Å². The summed E-state index contributed by atoms with van der Waals surface area (Å²) < 4.78 is 3.25. The molecule has 0 atom stereocenters. The van der Waals surface area contributed by atoms with Gasteiger partial charge in [0.15, 0.2) is 0 Å². The summed E-state index contributed by atoms with van der Waals surface area (Å²) in [6, 6.07) is 0. The Kier molecular flexibility index (Phi) is 56.1. The second-order valence-electron chi connectivity index (χ2n) is 10.4. The maximum atomic E-state index is 10.2. The van der Waals surface area contributed by atoms with Crippen LogP contribution in [0, 0.1) is 0 Å². The Balaban J connectivity index is -0.000000233. The van der Waals surface area contributed by atoms with E-state index in [1.54, 1.807) is 8.87 Å². The van der Waals surface area contributed by atoms with E-state index in [-0.39, 0.29) is 21.1 Å². The molecule has 0 aromatic rings. The largest absolute Gasteiger partial charge is 0.442 e. The number of carboxylic acids is 2. The minimum atomic E-state index is -0.659. The first-order valence-corrected chi connectivity index (χ1v) is 21.5. The molecule has 0 amide bonds. The van der Waals surface area contributed by atoms with Gasteiger partial charge in [-0.2, -0.15) is 0 Å². The zero-order valence-corrected chi connectivity index (χ0v) is 31.9. The molecule has 236 valence electrons. The number of carbonyl (C=O) groups is 2. The van der Waals surface area contributed by atoms with Crippen molar-refractivity contribution in [3.8, 4) is 0 Å². The van der Waals surface area contributed by atoms with E-state index in [2.05, 4.69) is 27.7 Å². The molecule has 39 heavy (non-hydrogen) atoms. The molecule has 0 rings (SSSR count). The molecule has 2 radical (unpaired) electrons. The summed E-state index contributed by atoms with van der Waals surface area (Å²) in [7, 11) is 0.306. The maximum Gasteiger partial charge on any atom is 0.141 e. The van der Waals surface area contributed by atoms with Crippen molar-refractivity contribution >= 4 is 43.6 Å². The molecule has 0 spiro atoms. The molecular formula is C32H70O5SiSn. The first kappa shape index (κ1) is 45.9. The fraction of sp³-hybridized carbons (Fsp3) is 0.938. The van der Waals surface area contributed by atoms with E-state index >= 15 is 0 Å². The van der Waals surface area contributed by atoms with Gasteiger partial charge in [-0.1, -0.05) is 117 Å². The van der Waals surface area contributed by atoms with Crippen molar-refractivity contribution < 1.29 is 24.6 Å². The van der Waals surface area contributed by atoms with Crippen molar-refractivity contribution in [2.24, 2.45) is 0 Å². The molecule has 0 unspecified atom stereocenters. The Morgan fingerprint density at radius 3 is 0.897 bits per heavy atom. The Bertz CT molecular complexity index is 401. The second kappa shape index (κ2) is 47.7. The number of carboxylic acid groups (broad SMARTS) is 2. The minimum Gasteiger partial charge on any atom is -0.442 e. The molecule has 0 heterocycles. The Hall–Kier alpha value is -0.0844. The van der Waals surface area contributed by atoms with E-state index in [1.165, 1.54) is 116 Å². The van der Waals surface area contributed by atoms with E-state index in [0.717, 1.165) is 25.7 Å². The standard InChI is InChI=1S/2C12H24O2.2C4H9.H4OSi.Sn/c2*1-2-3-4-5-6-7-8-9-10-11-12(13)14;2*1-3-4-2;1-2;/h2*2-11H2,1H3,(H,13,14);2*1,3-4H2,2H3;1H,2H3;. The maximum absolute atomic E-state index is 10.2. The predicted molar refractivity (Wildman–Crippen MR) is 176 cm³/mol. The molecule has 0 bridgehead atoms. The van der Waals surface area contributed by atoms with Crippen molar-refractivity contribution in [1.82, 2.24) is 0 Å². The fourth-order valence-corrected chi connectivity index (χ4v) is 8.06. The van der Waals surface area contributed by atoms with Crippen LogP contribution in [-0.4, -0.2) is 58.6 Å². The van der Waals surface area contributed by atoms with E-state index in [0.29, 0.717) is 23.3 Å². The van der Waals surface area contributed by atoms with Crippen LogP contribution in [0.2, 0.25) is 8.87 Å². The van der Waals surface area contributed by atoms with E-state index < -0.39 is 11.9 Å². The molecule has 0 saturated carbocycles. The zero-order valence-electron chi connectivity index (χ0n) is 27.0. The van der Waals surface area contributed by atoms with Crippen LogP contribution < -0.4 is 0 Å². The van der Waals surface area contributed by atoms with E-state index in [4.69, 9.17) is 15.0 Å². The van der Waals surface area contributed by atoms with E-state index in [1.807, 2.05) is 0 Å². The van der Waals surface area contributed by atoms with Crippen LogP contribution in [0.15, 0.2) is 0 Å². The average molecular weight is 682 g/mol. The topological polar surface area (TPSA) is 94.8 Å². The molecule has 7 heteroatoms. The van der Waals surface area contributed by atoms with Gasteiger partial charge < -0.3 is 15.0 Å². The molecule has 3 N–H and O–H groups in total. The minimum absolute atomic E-state index is 0.149. The molecule has 0 aliphatic rings. The third kappa shape index (κ3) is 62.8. The first-order chi connectivity index (χ1) is 19.0. The van der Waals surface area contributed by atoms with Crippen molar-refractivity contribution in [1.29, 1.82) is 0 Å². The second-order valence-corrected chi connectivity index (χ2v) is 14.7. The van der Waals surface area contributed by atoms with Crippen LogP contribution in [0.3, 0.4) is 0 Å². The third-order valence-corrected chi connectivity index (χ3v) is 10.4. The summed E-state index contributed by atoms with van der Waals surface area (Å²) in [5.74, 6) is -1.32. The van der Waals surface area contributed by atoms with Gasteiger partial charge in [-0.25, -0.2) is 0 Å². The normalized spacial score (nSPS) is 9.97. The summed E-state index contributed by atoms with van der Waals surface area (Å²) in [4.78, 5) is 27.6. The number of hydrogen-bond donors (Lipinski definition) is 3. The van der Waals surface area contributed by atoms with Gasteiger partial charge >= 0.3 is 81.5 Å². The monoisotopic (exact) mass is 682 g/mol. The Morgan fingerprint density at radius 2 is 0.667 bits per heavy atom. The quantitative estimate of drug-likeness (QED) is 0.0625. The van der Waals surface area contributed by atoms with Gasteiger partial charge in [0, 0.05) is 12.8 Å². The smallest absolute Gasteiger partial charge is 0.141 e. The fourth-order valence-electron chi connectivity index (χ4n) is 3.90. The number of unbranched alkanes of at least 4 members (excludes halogenated alkanes) is 18. The SMILES string of the molecule is CCCCCCCCCCCC(=O)O.CCCCCCCCCCCC(=O)O.CCC[CH2][Sn][CH2]CCC.O[SiH3]. The number of aliphatic carboxylic acids is 2. The van der Waals surface area contributed by atoms with Crippen LogP contribution >= 0.6 is 0 Å². The summed E-state index contributed by atoms with van der Waals surface area (Å²) in [5, 5.41) is 16.8. The summed E-state index contributed by atoms with van der Waals surface area (Å²) in [5.41, 5.74) is 0. The first-order valence-electron chi connectivity index (χ1n) is 16.5. The molecule has 0 aliphatic heterocycles. The summed E-state index contributed by atoms with van der Waals surface area (Å²) >= 11 is 0.149. The van der Waals surface area contributed by atoms with Crippen molar-refractivity contribution in [3.05, 3.63) is 0 Å². The Morgan fingerprint density at radius 1 is 0.436 bits per heavy atom. The van der Waals surface area contributed by atoms with Gasteiger partial charge in [0.2, 0.25) is 0 Å². The summed E-state index contributed by atoms with van der Waals surface area (Å²) in [6.07, 6.45) is 28.8. The zero-order chi connectivity index (χ0) is 30.2. The molecule has 5 nitrogen and oxygen atoms in total. The van der Waals surface area contributed by atoms with Crippen LogP contribution in [0.4, 0.5) is 0 Å². The molecule has 0 aliphatic carbocycles. The number of rotatable bonds is 26. The summed E-state index contributed by atoms with van der Waals surface area (Å²) in [6.45, 7) is 9.04. The van der Waals surface area contributed by atoms with Gasteiger partial charge in [0.05, 0.1) is 0 Å². The van der Waals surface area contributed by atoms with Crippen molar-refractivity contribution in [2.45, 2.75) is 191 Å². The van der Waals surface area contributed by atoms with Gasteiger partial charge in [0.1, 0.15) is 10.5 Å². The molecule has 0 saturated heterocycles. The molecule has 0 fully saturated rings. The van der Waals surface area contributed by atoms with Crippen molar-refractivity contribution in [3.63, 3.8) is 0 Å². The molecular weight excluding hydrogens is 611 g/mol. The van der Waals surface area contributed by atoms with E-state index in [9.17, 15) is 9.59 Å². The van der Waals surface area contributed by atoms with Crippen LogP contribution in [-0.2, 0) is 9.59 Å². The van der Waals surface area contributed by atoms with Crippen LogP contribution in [0.25, 0.3) is 0 Å². The predicted octanol–water partition coefficient (Wildman–Crippen LogP) is 9.37. The Labute approximate surface area is 257 Å². The van der Waals surface area contributed by atoms with Crippen molar-refractivity contribution in [2.75, 3.05) is 0 Å². The van der Waals surface area contributed by atoms with Gasteiger partial charge in [-0.05, 0) is 12.8 Å². The average Bonchev–Trinajstić information content (AvgIpc) is 2.93.